The maximum atomic E-state index is 13.6. The van der Waals surface area contributed by atoms with Crippen LogP contribution in [0.4, 0.5) is 4.39 Å². The fraction of sp³-hybridized carbons (Fsp3) is 0.462. The van der Waals surface area contributed by atoms with Gasteiger partial charge in [0, 0.05) is 17.7 Å². The molecule has 1 aliphatic carbocycles. The van der Waals surface area contributed by atoms with Crippen LogP contribution in [0.2, 0.25) is 0 Å². The Morgan fingerprint density at radius 1 is 1.59 bits per heavy atom. The molecule has 1 amide bonds. The van der Waals surface area contributed by atoms with Crippen LogP contribution < -0.4 is 11.1 Å². The molecular weight excluding hydrogens is 219 g/mol. The third kappa shape index (κ3) is 3.03. The number of carbonyl (C=O) groups is 1. The van der Waals surface area contributed by atoms with Gasteiger partial charge in [0.25, 0.3) is 0 Å². The fourth-order valence-electron chi connectivity index (χ4n) is 1.92. The SMILES string of the molecule is CC1CC1CNCc1ccc(C(N)=O)cc1F. The average molecular weight is 236 g/mol. The van der Waals surface area contributed by atoms with Crippen molar-refractivity contribution in [1.29, 1.82) is 0 Å². The van der Waals surface area contributed by atoms with Crippen LogP contribution in [0.3, 0.4) is 0 Å². The summed E-state index contributed by atoms with van der Waals surface area (Å²) in [6.07, 6.45) is 1.26. The van der Waals surface area contributed by atoms with Crippen molar-refractivity contribution in [2.45, 2.75) is 19.9 Å². The van der Waals surface area contributed by atoms with E-state index in [2.05, 4.69) is 12.2 Å². The van der Waals surface area contributed by atoms with E-state index in [0.717, 1.165) is 18.4 Å². The number of rotatable bonds is 5. The smallest absolute Gasteiger partial charge is 0.248 e. The van der Waals surface area contributed by atoms with Crippen LogP contribution in [0.1, 0.15) is 29.3 Å². The van der Waals surface area contributed by atoms with Gasteiger partial charge in [0.1, 0.15) is 5.82 Å². The molecule has 0 saturated heterocycles. The Kier molecular flexibility index (Phi) is 3.43. The molecule has 3 N–H and O–H groups in total. The Labute approximate surface area is 100 Å². The van der Waals surface area contributed by atoms with Gasteiger partial charge in [-0.05, 0) is 36.9 Å². The summed E-state index contributed by atoms with van der Waals surface area (Å²) in [7, 11) is 0. The minimum Gasteiger partial charge on any atom is -0.366 e. The van der Waals surface area contributed by atoms with E-state index in [-0.39, 0.29) is 11.4 Å². The van der Waals surface area contributed by atoms with Gasteiger partial charge in [-0.1, -0.05) is 13.0 Å². The van der Waals surface area contributed by atoms with Crippen molar-refractivity contribution in [2.75, 3.05) is 6.54 Å². The number of primary amides is 1. The van der Waals surface area contributed by atoms with Gasteiger partial charge in [-0.3, -0.25) is 4.79 Å². The van der Waals surface area contributed by atoms with Crippen molar-refractivity contribution in [3.8, 4) is 0 Å². The zero-order valence-electron chi connectivity index (χ0n) is 9.87. The summed E-state index contributed by atoms with van der Waals surface area (Å²) in [5, 5.41) is 3.23. The van der Waals surface area contributed by atoms with Gasteiger partial charge in [0.15, 0.2) is 0 Å². The molecule has 0 spiro atoms. The summed E-state index contributed by atoms with van der Waals surface area (Å²) >= 11 is 0. The summed E-state index contributed by atoms with van der Waals surface area (Å²) in [4.78, 5) is 10.9. The quantitative estimate of drug-likeness (QED) is 0.817. The number of amides is 1. The van der Waals surface area contributed by atoms with E-state index in [1.807, 2.05) is 0 Å². The van der Waals surface area contributed by atoms with Crippen molar-refractivity contribution in [1.82, 2.24) is 5.32 Å². The van der Waals surface area contributed by atoms with Gasteiger partial charge in [0.05, 0.1) is 0 Å². The summed E-state index contributed by atoms with van der Waals surface area (Å²) < 4.78 is 13.6. The molecule has 2 rings (SSSR count). The van der Waals surface area contributed by atoms with E-state index in [4.69, 9.17) is 5.73 Å². The highest BCUT2D eigenvalue weighted by Crippen LogP contribution is 2.36. The first-order chi connectivity index (χ1) is 8.08. The number of carbonyl (C=O) groups excluding carboxylic acids is 1. The van der Waals surface area contributed by atoms with Gasteiger partial charge < -0.3 is 11.1 Å². The molecule has 4 heteroatoms. The first-order valence-electron chi connectivity index (χ1n) is 5.87. The van der Waals surface area contributed by atoms with E-state index in [0.29, 0.717) is 12.1 Å². The van der Waals surface area contributed by atoms with Crippen molar-refractivity contribution < 1.29 is 9.18 Å². The van der Waals surface area contributed by atoms with Crippen LogP contribution in [0, 0.1) is 17.7 Å². The lowest BCUT2D eigenvalue weighted by Crippen LogP contribution is -2.18. The van der Waals surface area contributed by atoms with Crippen LogP contribution in [0.15, 0.2) is 18.2 Å². The number of benzene rings is 1. The Hall–Kier alpha value is -1.42. The molecule has 1 aromatic carbocycles. The predicted octanol–water partition coefficient (Wildman–Crippen LogP) is 1.67. The van der Waals surface area contributed by atoms with Crippen LogP contribution in [-0.2, 0) is 6.54 Å². The number of nitrogens with two attached hydrogens (primary N) is 1. The number of hydrogen-bond acceptors (Lipinski definition) is 2. The third-order valence-electron chi connectivity index (χ3n) is 3.34. The molecule has 2 atom stereocenters. The molecule has 3 nitrogen and oxygen atoms in total. The summed E-state index contributed by atoms with van der Waals surface area (Å²) in [5.41, 5.74) is 5.86. The first kappa shape index (κ1) is 12.0. The minimum absolute atomic E-state index is 0.210. The van der Waals surface area contributed by atoms with E-state index in [9.17, 15) is 9.18 Å². The highest BCUT2D eigenvalue weighted by atomic mass is 19.1. The standard InChI is InChI=1S/C13H17FN2O/c1-8-4-11(8)7-16-6-10-3-2-9(13(15)17)5-12(10)14/h2-3,5,8,11,16H,4,6-7H2,1H3,(H2,15,17). The summed E-state index contributed by atoms with van der Waals surface area (Å²) in [6.45, 7) is 3.64. The lowest BCUT2D eigenvalue weighted by Gasteiger charge is -2.06. The fourth-order valence-corrected chi connectivity index (χ4v) is 1.92. The van der Waals surface area contributed by atoms with E-state index in [1.165, 1.54) is 12.5 Å². The van der Waals surface area contributed by atoms with Crippen molar-refractivity contribution in [3.63, 3.8) is 0 Å². The van der Waals surface area contributed by atoms with Crippen molar-refractivity contribution in [2.24, 2.45) is 17.6 Å². The van der Waals surface area contributed by atoms with Gasteiger partial charge in [-0.15, -0.1) is 0 Å². The molecule has 92 valence electrons. The number of halogens is 1. The number of nitrogens with one attached hydrogen (secondary N) is 1. The van der Waals surface area contributed by atoms with Gasteiger partial charge >= 0.3 is 0 Å². The highest BCUT2D eigenvalue weighted by molar-refractivity contribution is 5.92. The van der Waals surface area contributed by atoms with E-state index in [1.54, 1.807) is 12.1 Å². The normalized spacial score (nSPS) is 22.5. The molecule has 0 aromatic heterocycles. The maximum Gasteiger partial charge on any atom is 0.248 e. The topological polar surface area (TPSA) is 55.1 Å². The molecule has 1 fully saturated rings. The Morgan fingerprint density at radius 2 is 2.29 bits per heavy atom. The second-order valence-electron chi connectivity index (χ2n) is 4.77. The zero-order valence-corrected chi connectivity index (χ0v) is 9.87. The summed E-state index contributed by atoms with van der Waals surface area (Å²) in [5.74, 6) is 0.556. The second-order valence-corrected chi connectivity index (χ2v) is 4.77. The first-order valence-corrected chi connectivity index (χ1v) is 5.87. The van der Waals surface area contributed by atoms with Crippen LogP contribution >= 0.6 is 0 Å². The Morgan fingerprint density at radius 3 is 2.82 bits per heavy atom. The van der Waals surface area contributed by atoms with Gasteiger partial charge in [-0.25, -0.2) is 4.39 Å². The van der Waals surface area contributed by atoms with Gasteiger partial charge in [-0.2, -0.15) is 0 Å². The molecule has 0 aliphatic heterocycles. The lowest BCUT2D eigenvalue weighted by molar-refractivity contribution is 0.1000. The van der Waals surface area contributed by atoms with Crippen molar-refractivity contribution >= 4 is 5.91 Å². The molecule has 2 unspecified atom stereocenters. The molecule has 1 saturated carbocycles. The zero-order chi connectivity index (χ0) is 12.4. The third-order valence-corrected chi connectivity index (χ3v) is 3.34. The largest absolute Gasteiger partial charge is 0.366 e. The van der Waals surface area contributed by atoms with Gasteiger partial charge in [0.2, 0.25) is 5.91 Å². The second kappa shape index (κ2) is 4.84. The Bertz CT molecular complexity index is 433. The molecule has 1 aromatic rings. The molecule has 0 radical (unpaired) electrons. The average Bonchev–Trinajstić information content (AvgIpc) is 2.97. The van der Waals surface area contributed by atoms with E-state index < -0.39 is 5.91 Å². The monoisotopic (exact) mass is 236 g/mol. The van der Waals surface area contributed by atoms with Crippen LogP contribution in [0.25, 0.3) is 0 Å². The predicted molar refractivity (Wildman–Crippen MR) is 63.9 cm³/mol. The molecule has 17 heavy (non-hydrogen) atoms. The molecular formula is C13H17FN2O. The molecule has 0 heterocycles. The molecule has 0 bridgehead atoms. The van der Waals surface area contributed by atoms with E-state index >= 15 is 0 Å². The Balaban J connectivity index is 1.89. The van der Waals surface area contributed by atoms with Crippen molar-refractivity contribution in [3.05, 3.63) is 35.1 Å². The van der Waals surface area contributed by atoms with Crippen LogP contribution in [-0.4, -0.2) is 12.5 Å². The van der Waals surface area contributed by atoms with Crippen LogP contribution in [0.5, 0.6) is 0 Å². The summed E-state index contributed by atoms with van der Waals surface area (Å²) in [6, 6.07) is 4.36. The molecule has 1 aliphatic rings. The minimum atomic E-state index is -0.602. The highest BCUT2D eigenvalue weighted by Gasteiger charge is 2.31. The maximum absolute atomic E-state index is 13.6. The lowest BCUT2D eigenvalue weighted by atomic mass is 10.1. The number of hydrogen-bond donors (Lipinski definition) is 2.